The third-order valence-electron chi connectivity index (χ3n) is 5.19. The standard InChI is InChI=1S/C23H17N5O2/c29-23(30)19-14-28(20-9-5-4-8-18(19)20)21(22-24-26-27-25-22)17-12-10-16(11-13-17)15-6-2-1-3-7-15/h1-14,21H,(H,29,30)(H,24,25,26,27). The lowest BCUT2D eigenvalue weighted by molar-refractivity contribution is 0.0698. The molecule has 2 heterocycles. The van der Waals surface area contributed by atoms with E-state index in [1.807, 2.05) is 65.2 Å². The van der Waals surface area contributed by atoms with Crippen LogP contribution in [0.15, 0.2) is 85.1 Å². The summed E-state index contributed by atoms with van der Waals surface area (Å²) in [6.07, 6.45) is 1.64. The Morgan fingerprint density at radius 2 is 1.60 bits per heavy atom. The predicted molar refractivity (Wildman–Crippen MR) is 112 cm³/mol. The Morgan fingerprint density at radius 3 is 2.30 bits per heavy atom. The molecule has 2 aromatic heterocycles. The van der Waals surface area contributed by atoms with Crippen molar-refractivity contribution in [2.24, 2.45) is 0 Å². The van der Waals surface area contributed by atoms with Crippen LogP contribution in [-0.2, 0) is 0 Å². The first-order chi connectivity index (χ1) is 14.7. The molecule has 3 aromatic carbocycles. The summed E-state index contributed by atoms with van der Waals surface area (Å²) in [6.45, 7) is 0. The number of fused-ring (bicyclic) bond motifs is 1. The van der Waals surface area contributed by atoms with E-state index in [4.69, 9.17) is 0 Å². The maximum Gasteiger partial charge on any atom is 0.337 e. The number of carbonyl (C=O) groups is 1. The number of nitrogens with one attached hydrogen (secondary N) is 1. The summed E-state index contributed by atoms with van der Waals surface area (Å²) in [4.78, 5) is 11.8. The summed E-state index contributed by atoms with van der Waals surface area (Å²) in [7, 11) is 0. The highest BCUT2D eigenvalue weighted by atomic mass is 16.4. The highest BCUT2D eigenvalue weighted by Gasteiger charge is 2.25. The van der Waals surface area contributed by atoms with Crippen LogP contribution in [0.5, 0.6) is 0 Å². The zero-order valence-electron chi connectivity index (χ0n) is 15.8. The van der Waals surface area contributed by atoms with Crippen molar-refractivity contribution < 1.29 is 9.90 Å². The number of hydrogen-bond acceptors (Lipinski definition) is 4. The van der Waals surface area contributed by atoms with E-state index in [-0.39, 0.29) is 5.56 Å². The molecule has 30 heavy (non-hydrogen) atoms. The van der Waals surface area contributed by atoms with Gasteiger partial charge in [-0.2, -0.15) is 5.21 Å². The molecule has 2 N–H and O–H groups in total. The van der Waals surface area contributed by atoms with E-state index in [1.54, 1.807) is 12.3 Å². The van der Waals surface area contributed by atoms with Gasteiger partial charge in [0.25, 0.3) is 0 Å². The quantitative estimate of drug-likeness (QED) is 0.466. The number of hydrogen-bond donors (Lipinski definition) is 2. The number of aromatic nitrogens is 5. The number of carboxylic acids is 1. The Labute approximate surface area is 171 Å². The topological polar surface area (TPSA) is 96.7 Å². The highest BCUT2D eigenvalue weighted by Crippen LogP contribution is 2.32. The van der Waals surface area contributed by atoms with Crippen LogP contribution in [0.4, 0.5) is 0 Å². The molecule has 0 aliphatic carbocycles. The van der Waals surface area contributed by atoms with E-state index in [0.29, 0.717) is 11.2 Å². The molecule has 0 aliphatic heterocycles. The molecule has 0 amide bonds. The number of nitrogens with zero attached hydrogens (tertiary/aromatic N) is 4. The minimum Gasteiger partial charge on any atom is -0.478 e. The minimum absolute atomic E-state index is 0.236. The third kappa shape index (κ3) is 3.02. The highest BCUT2D eigenvalue weighted by molar-refractivity contribution is 6.03. The van der Waals surface area contributed by atoms with Gasteiger partial charge in [-0.15, -0.1) is 10.2 Å². The third-order valence-corrected chi connectivity index (χ3v) is 5.19. The lowest BCUT2D eigenvalue weighted by Gasteiger charge is -2.18. The van der Waals surface area contributed by atoms with E-state index < -0.39 is 12.0 Å². The van der Waals surface area contributed by atoms with Crippen molar-refractivity contribution >= 4 is 16.9 Å². The largest absolute Gasteiger partial charge is 0.478 e. The van der Waals surface area contributed by atoms with E-state index in [9.17, 15) is 9.90 Å². The summed E-state index contributed by atoms with van der Waals surface area (Å²) in [5.74, 6) is -0.517. The summed E-state index contributed by atoms with van der Waals surface area (Å²) >= 11 is 0. The zero-order chi connectivity index (χ0) is 20.5. The number of carboxylic acid groups (broad SMARTS) is 1. The van der Waals surface area contributed by atoms with Crippen LogP contribution in [0, 0.1) is 0 Å². The van der Waals surface area contributed by atoms with Crippen molar-refractivity contribution in [2.45, 2.75) is 6.04 Å². The molecule has 0 saturated heterocycles. The van der Waals surface area contributed by atoms with Crippen molar-refractivity contribution in [3.63, 3.8) is 0 Å². The minimum atomic E-state index is -0.976. The molecule has 7 nitrogen and oxygen atoms in total. The van der Waals surface area contributed by atoms with E-state index in [1.165, 1.54) is 0 Å². The molecule has 5 rings (SSSR count). The fourth-order valence-electron chi connectivity index (χ4n) is 3.80. The molecule has 0 spiro atoms. The van der Waals surface area contributed by atoms with Crippen LogP contribution in [-0.4, -0.2) is 36.3 Å². The van der Waals surface area contributed by atoms with Crippen molar-refractivity contribution in [3.8, 4) is 11.1 Å². The van der Waals surface area contributed by atoms with E-state index in [2.05, 4.69) is 32.8 Å². The van der Waals surface area contributed by atoms with Gasteiger partial charge in [0.05, 0.1) is 5.56 Å². The lowest BCUT2D eigenvalue weighted by Crippen LogP contribution is -2.13. The first kappa shape index (κ1) is 17.8. The maximum absolute atomic E-state index is 11.8. The van der Waals surface area contributed by atoms with Crippen LogP contribution in [0.1, 0.15) is 27.8 Å². The number of aromatic amines is 1. The smallest absolute Gasteiger partial charge is 0.337 e. The van der Waals surface area contributed by atoms with Gasteiger partial charge in [0.2, 0.25) is 5.82 Å². The molecule has 0 saturated carbocycles. The molecule has 0 fully saturated rings. The monoisotopic (exact) mass is 395 g/mol. The number of rotatable bonds is 5. The SMILES string of the molecule is O=C(O)c1cn(C(c2ccc(-c3ccccc3)cc2)c2nn[nH]n2)c2ccccc12. The first-order valence-electron chi connectivity index (χ1n) is 9.44. The van der Waals surface area contributed by atoms with Gasteiger partial charge in [0.1, 0.15) is 6.04 Å². The summed E-state index contributed by atoms with van der Waals surface area (Å²) in [6, 6.07) is 25.2. The Balaban J connectivity index is 1.67. The summed E-state index contributed by atoms with van der Waals surface area (Å²) < 4.78 is 1.89. The Bertz CT molecular complexity index is 1310. The van der Waals surface area contributed by atoms with Crippen molar-refractivity contribution in [1.29, 1.82) is 0 Å². The van der Waals surface area contributed by atoms with Gasteiger partial charge < -0.3 is 9.67 Å². The number of H-pyrrole nitrogens is 1. The molecule has 146 valence electrons. The number of tetrazole rings is 1. The van der Waals surface area contributed by atoms with Gasteiger partial charge >= 0.3 is 5.97 Å². The van der Waals surface area contributed by atoms with Gasteiger partial charge in [0, 0.05) is 17.1 Å². The number of benzene rings is 3. The second-order valence-electron chi connectivity index (χ2n) is 6.93. The zero-order valence-corrected chi connectivity index (χ0v) is 15.8. The van der Waals surface area contributed by atoms with Crippen molar-refractivity contribution in [2.75, 3.05) is 0 Å². The number of aromatic carboxylic acids is 1. The van der Waals surface area contributed by atoms with Crippen LogP contribution in [0.3, 0.4) is 0 Å². The Kier molecular flexibility index (Phi) is 4.33. The normalized spacial score (nSPS) is 12.1. The molecular weight excluding hydrogens is 378 g/mol. The van der Waals surface area contributed by atoms with Crippen molar-refractivity contribution in [1.82, 2.24) is 25.2 Å². The predicted octanol–water partition coefficient (Wildman–Crippen LogP) is 4.16. The molecular formula is C23H17N5O2. The Morgan fingerprint density at radius 1 is 0.900 bits per heavy atom. The van der Waals surface area contributed by atoms with E-state index >= 15 is 0 Å². The van der Waals surface area contributed by atoms with Gasteiger partial charge in [0.15, 0.2) is 0 Å². The summed E-state index contributed by atoms with van der Waals surface area (Å²) in [5, 5.41) is 25.0. The van der Waals surface area contributed by atoms with E-state index in [0.717, 1.165) is 22.2 Å². The molecule has 1 unspecified atom stereocenters. The average molecular weight is 395 g/mol. The summed E-state index contributed by atoms with van der Waals surface area (Å²) in [5.41, 5.74) is 4.17. The lowest BCUT2D eigenvalue weighted by atomic mass is 10.00. The molecule has 1 atom stereocenters. The van der Waals surface area contributed by atoms with Gasteiger partial charge in [-0.1, -0.05) is 78.0 Å². The van der Waals surface area contributed by atoms with Gasteiger partial charge in [-0.25, -0.2) is 4.79 Å². The first-order valence-corrected chi connectivity index (χ1v) is 9.44. The van der Waals surface area contributed by atoms with Gasteiger partial charge in [-0.05, 0) is 22.8 Å². The number of para-hydroxylation sites is 1. The van der Waals surface area contributed by atoms with Crippen LogP contribution in [0.25, 0.3) is 22.0 Å². The van der Waals surface area contributed by atoms with Crippen LogP contribution >= 0.6 is 0 Å². The Hall–Kier alpha value is -4.26. The molecule has 5 aromatic rings. The molecule has 0 aliphatic rings. The van der Waals surface area contributed by atoms with Gasteiger partial charge in [-0.3, -0.25) is 0 Å². The fourth-order valence-corrected chi connectivity index (χ4v) is 3.80. The van der Waals surface area contributed by atoms with Crippen molar-refractivity contribution in [3.05, 3.63) is 102 Å². The van der Waals surface area contributed by atoms with Crippen LogP contribution < -0.4 is 0 Å². The molecule has 0 bridgehead atoms. The molecule has 7 heteroatoms. The second kappa shape index (κ2) is 7.29. The second-order valence-corrected chi connectivity index (χ2v) is 6.93. The fraction of sp³-hybridized carbons (Fsp3) is 0.0435. The maximum atomic E-state index is 11.8. The average Bonchev–Trinajstić information content (AvgIpc) is 3.44. The van der Waals surface area contributed by atoms with Crippen LogP contribution in [0.2, 0.25) is 0 Å². The molecule has 0 radical (unpaired) electrons.